The summed E-state index contributed by atoms with van der Waals surface area (Å²) in [4.78, 5) is 73.1. The van der Waals surface area contributed by atoms with Gasteiger partial charge >= 0.3 is 39.5 Å². The highest BCUT2D eigenvalue weighted by atomic mass is 31.2. The molecule has 0 aromatic carbocycles. The smallest absolute Gasteiger partial charge is 0.462 e. The molecule has 0 aliphatic heterocycles. The van der Waals surface area contributed by atoms with Gasteiger partial charge in [-0.05, 0) is 57.3 Å². The predicted molar refractivity (Wildman–Crippen MR) is 418 cm³/mol. The Labute approximate surface area is 624 Å². The molecule has 3 N–H and O–H groups in total. The Morgan fingerprint density at radius 1 is 0.304 bits per heavy atom. The second kappa shape index (κ2) is 75.4. The summed E-state index contributed by atoms with van der Waals surface area (Å²) in [5, 5.41) is 10.7. The van der Waals surface area contributed by atoms with Crippen molar-refractivity contribution in [3.63, 3.8) is 0 Å². The quantitative estimate of drug-likeness (QED) is 0.0169. The molecule has 0 amide bonds. The molecule has 0 aromatic rings. The van der Waals surface area contributed by atoms with E-state index in [2.05, 4.69) is 58.9 Å². The molecule has 0 aliphatic rings. The molecule has 0 spiro atoms. The predicted octanol–water partition coefficient (Wildman–Crippen LogP) is 24.8. The normalized spacial score (nSPS) is 14.0. The Hall–Kier alpha value is -2.46. The first kappa shape index (κ1) is 99.5. The van der Waals surface area contributed by atoms with Crippen LogP contribution in [0.2, 0.25) is 0 Å². The summed E-state index contributed by atoms with van der Waals surface area (Å²) in [5.41, 5.74) is 0. The van der Waals surface area contributed by atoms with Gasteiger partial charge in [-0.15, -0.1) is 0 Å². The molecule has 0 aliphatic carbocycles. The number of hydrogen-bond acceptors (Lipinski definition) is 15. The number of carbonyl (C=O) groups is 4. The van der Waals surface area contributed by atoms with Crippen molar-refractivity contribution in [2.45, 2.75) is 438 Å². The van der Waals surface area contributed by atoms with Crippen LogP contribution in [0.3, 0.4) is 0 Å². The molecule has 0 fully saturated rings. The van der Waals surface area contributed by atoms with E-state index in [-0.39, 0.29) is 25.7 Å². The van der Waals surface area contributed by atoms with Gasteiger partial charge in [-0.2, -0.15) is 0 Å². The molecule has 17 nitrogen and oxygen atoms in total. The zero-order valence-electron chi connectivity index (χ0n) is 66.2. The molecule has 0 radical (unpaired) electrons. The molecular formula is C83H158O17P2. The second-order valence-electron chi connectivity index (χ2n) is 29.7. The molecule has 5 atom stereocenters. The van der Waals surface area contributed by atoms with Gasteiger partial charge in [0.2, 0.25) is 0 Å². The molecule has 602 valence electrons. The van der Waals surface area contributed by atoms with Crippen molar-refractivity contribution in [2.75, 3.05) is 39.6 Å². The zero-order valence-corrected chi connectivity index (χ0v) is 68.0. The number of hydrogen-bond donors (Lipinski definition) is 3. The van der Waals surface area contributed by atoms with Crippen LogP contribution >= 0.6 is 15.6 Å². The van der Waals surface area contributed by atoms with Crippen molar-refractivity contribution in [3.8, 4) is 0 Å². The third kappa shape index (κ3) is 75.8. The van der Waals surface area contributed by atoms with E-state index in [0.717, 1.165) is 109 Å². The first-order valence-electron chi connectivity index (χ1n) is 42.5. The van der Waals surface area contributed by atoms with Crippen molar-refractivity contribution in [1.29, 1.82) is 0 Å². The van der Waals surface area contributed by atoms with E-state index in [9.17, 15) is 43.2 Å². The number of aliphatic hydroxyl groups is 1. The third-order valence-electron chi connectivity index (χ3n) is 18.9. The van der Waals surface area contributed by atoms with Crippen molar-refractivity contribution in [3.05, 3.63) is 24.3 Å². The van der Waals surface area contributed by atoms with Gasteiger partial charge in [0.05, 0.1) is 26.4 Å². The van der Waals surface area contributed by atoms with E-state index in [1.807, 2.05) is 0 Å². The van der Waals surface area contributed by atoms with Crippen LogP contribution in [0.4, 0.5) is 0 Å². The SMILES string of the molecule is CCCCCC/C=C\C=C/CCCCCCCC(=O)O[C@H](COC(=O)CCCCCCCCCCCCCC)COP(=O)(O)OC[C@H](O)COP(=O)(O)OC[C@@H](COC(=O)CCCCCCCCCCCCCCCCCC)OC(=O)CCCCCCCCCCCCCCCCCCC(C)C. The molecule has 102 heavy (non-hydrogen) atoms. The summed E-state index contributed by atoms with van der Waals surface area (Å²) < 4.78 is 68.8. The Bertz CT molecular complexity index is 2040. The van der Waals surface area contributed by atoms with Gasteiger partial charge in [0.25, 0.3) is 0 Å². The van der Waals surface area contributed by atoms with E-state index >= 15 is 0 Å². The fraction of sp³-hybridized carbons (Fsp3) is 0.904. The van der Waals surface area contributed by atoms with E-state index in [1.165, 1.54) is 231 Å². The summed E-state index contributed by atoms with van der Waals surface area (Å²) in [7, 11) is -9.94. The van der Waals surface area contributed by atoms with Gasteiger partial charge in [-0.1, -0.05) is 367 Å². The van der Waals surface area contributed by atoms with Crippen LogP contribution in [0.15, 0.2) is 24.3 Å². The van der Waals surface area contributed by atoms with Gasteiger partial charge < -0.3 is 33.8 Å². The monoisotopic (exact) mass is 1490 g/mol. The van der Waals surface area contributed by atoms with Crippen LogP contribution in [0.25, 0.3) is 0 Å². The zero-order chi connectivity index (χ0) is 74.8. The van der Waals surface area contributed by atoms with Crippen LogP contribution in [0.1, 0.15) is 420 Å². The van der Waals surface area contributed by atoms with Crippen LogP contribution in [-0.2, 0) is 65.4 Å². The number of phosphoric acid groups is 2. The Morgan fingerprint density at radius 3 is 0.804 bits per heavy atom. The van der Waals surface area contributed by atoms with E-state index < -0.39 is 97.5 Å². The van der Waals surface area contributed by atoms with Crippen LogP contribution in [0, 0.1) is 5.92 Å². The Morgan fingerprint density at radius 2 is 0.529 bits per heavy atom. The highest BCUT2D eigenvalue weighted by molar-refractivity contribution is 7.47. The number of rotatable bonds is 81. The lowest BCUT2D eigenvalue weighted by molar-refractivity contribution is -0.161. The Kier molecular flexibility index (Phi) is 73.5. The molecule has 0 saturated heterocycles. The number of unbranched alkanes of at least 4 members (excludes halogenated alkanes) is 50. The lowest BCUT2D eigenvalue weighted by Crippen LogP contribution is -2.30. The number of carbonyl (C=O) groups excluding carboxylic acids is 4. The standard InChI is InChI=1S/C83H158O17P2/c1-6-9-12-15-18-21-24-27-29-34-37-42-47-52-57-62-67-81(86)94-73-79(100-83(88)69-64-59-54-49-44-39-35-31-30-33-36-40-45-50-55-60-65-76(4)5)75-98-102(91,92)96-71-77(84)70-95-101(89,90)97-74-78(72-93-80(85)66-61-56-51-46-41-26-23-20-17-14-11-8-3)99-82(87)68-63-58-53-48-43-38-32-28-25-22-19-16-13-10-7-2/h22,25,28,32,76-79,84H,6-21,23-24,26-27,29-31,33-75H2,1-5H3,(H,89,90)(H,91,92)/b25-22-,32-28-/t77-,78+,79+/m0/s1. The van der Waals surface area contributed by atoms with Gasteiger partial charge in [-0.3, -0.25) is 37.3 Å². The van der Waals surface area contributed by atoms with Crippen molar-refractivity contribution < 1.29 is 80.2 Å². The maximum Gasteiger partial charge on any atom is 0.472 e. The summed E-state index contributed by atoms with van der Waals surface area (Å²) >= 11 is 0. The topological polar surface area (TPSA) is 237 Å². The molecule has 0 bridgehead atoms. The maximum atomic E-state index is 13.1. The number of phosphoric ester groups is 2. The summed E-state index contributed by atoms with van der Waals surface area (Å²) in [5.74, 6) is -1.32. The Balaban J connectivity index is 5.29. The first-order chi connectivity index (χ1) is 49.5. The van der Waals surface area contributed by atoms with E-state index in [4.69, 9.17) is 37.0 Å². The largest absolute Gasteiger partial charge is 0.472 e. The fourth-order valence-corrected chi connectivity index (χ4v) is 14.0. The average molecular weight is 1490 g/mol. The number of ether oxygens (including phenoxy) is 4. The third-order valence-corrected chi connectivity index (χ3v) is 20.8. The fourth-order valence-electron chi connectivity index (χ4n) is 12.4. The summed E-state index contributed by atoms with van der Waals surface area (Å²) in [6, 6.07) is 0. The molecule has 0 heterocycles. The van der Waals surface area contributed by atoms with Crippen LogP contribution in [0.5, 0.6) is 0 Å². The second-order valence-corrected chi connectivity index (χ2v) is 32.6. The highest BCUT2D eigenvalue weighted by Crippen LogP contribution is 2.45. The number of aliphatic hydroxyl groups excluding tert-OH is 1. The van der Waals surface area contributed by atoms with Crippen LogP contribution in [-0.4, -0.2) is 96.7 Å². The molecular weight excluding hydrogens is 1330 g/mol. The minimum atomic E-state index is -4.97. The van der Waals surface area contributed by atoms with Gasteiger partial charge in [-0.25, -0.2) is 9.13 Å². The molecule has 0 aromatic heterocycles. The van der Waals surface area contributed by atoms with Gasteiger partial charge in [0.1, 0.15) is 19.3 Å². The number of esters is 4. The number of allylic oxidation sites excluding steroid dienone is 4. The van der Waals surface area contributed by atoms with Crippen LogP contribution < -0.4 is 0 Å². The molecule has 0 rings (SSSR count). The minimum Gasteiger partial charge on any atom is -0.462 e. The molecule has 0 saturated carbocycles. The average Bonchev–Trinajstić information content (AvgIpc) is 0.914. The summed E-state index contributed by atoms with van der Waals surface area (Å²) in [6.07, 6.45) is 70.0. The van der Waals surface area contributed by atoms with E-state index in [0.29, 0.717) is 25.7 Å². The highest BCUT2D eigenvalue weighted by Gasteiger charge is 2.30. The lowest BCUT2D eigenvalue weighted by Gasteiger charge is -2.21. The van der Waals surface area contributed by atoms with Crippen molar-refractivity contribution in [1.82, 2.24) is 0 Å². The van der Waals surface area contributed by atoms with E-state index in [1.54, 1.807) is 0 Å². The lowest BCUT2D eigenvalue weighted by atomic mass is 10.0. The molecule has 19 heteroatoms. The van der Waals surface area contributed by atoms with Crippen molar-refractivity contribution >= 4 is 39.5 Å². The first-order valence-corrected chi connectivity index (χ1v) is 45.4. The maximum absolute atomic E-state index is 13.1. The minimum absolute atomic E-state index is 0.0858. The van der Waals surface area contributed by atoms with Gasteiger partial charge in [0.15, 0.2) is 12.2 Å². The van der Waals surface area contributed by atoms with Crippen molar-refractivity contribution in [2.24, 2.45) is 5.92 Å². The molecule has 2 unspecified atom stereocenters. The summed E-state index contributed by atoms with van der Waals surface area (Å²) in [6.45, 7) is 7.31. The van der Waals surface area contributed by atoms with Gasteiger partial charge in [0, 0.05) is 25.7 Å².